The average molecular weight is 256 g/mol. The van der Waals surface area contributed by atoms with Gasteiger partial charge in [-0.05, 0) is 0 Å². The molecule has 0 aromatic carbocycles. The van der Waals surface area contributed by atoms with E-state index in [1.807, 2.05) is 12.2 Å². The minimum Gasteiger partial charge on any atom is -1.00 e. The van der Waals surface area contributed by atoms with Crippen molar-refractivity contribution < 1.29 is 21.2 Å². The Hall–Kier alpha value is 0.116. The van der Waals surface area contributed by atoms with Gasteiger partial charge in [0, 0.05) is 0 Å². The van der Waals surface area contributed by atoms with Crippen LogP contribution in [0.1, 0.15) is 7.85 Å². The molecule has 1 heteroatoms. The minimum atomic E-state index is 0. The maximum absolute atomic E-state index is 2.99. The van der Waals surface area contributed by atoms with Gasteiger partial charge in [0.1, 0.15) is 0 Å². The Labute approximate surface area is 52.5 Å². The smallest absolute Gasteiger partial charge is 1.00 e. The fourth-order valence-electron chi connectivity index (χ4n) is 0.340. The molecule has 0 fully saturated rings. The fraction of sp³-hybridized carbons (Fsp3) is 0.200. The fourth-order valence-corrected chi connectivity index (χ4v) is 0.340. The number of allylic oxidation sites excluding steroid dienone is 4. The number of hydrogen-bond donors (Lipinski definition) is 0. The topological polar surface area (TPSA) is 0 Å². The van der Waals surface area contributed by atoms with E-state index in [4.69, 9.17) is 0 Å². The van der Waals surface area contributed by atoms with Crippen molar-refractivity contribution in [2.75, 3.05) is 0 Å². The molecule has 0 nitrogen and oxygen atoms in total. The van der Waals surface area contributed by atoms with Crippen molar-refractivity contribution in [3.8, 4) is 0 Å². The average Bonchev–Trinajstić information content (AvgIpc) is 1.76. The summed E-state index contributed by atoms with van der Waals surface area (Å²) in [7, 11) is 0. The van der Waals surface area contributed by atoms with Gasteiger partial charge in [0.15, 0.2) is 0 Å². The molecule has 35 valence electrons. The van der Waals surface area contributed by atoms with Gasteiger partial charge in [0.25, 0.3) is 0 Å². The summed E-state index contributed by atoms with van der Waals surface area (Å²) in [6, 6.07) is 0. The Balaban J connectivity index is 0. The van der Waals surface area contributed by atoms with E-state index in [0.717, 1.165) is 6.42 Å². The second-order valence-electron chi connectivity index (χ2n) is 1.00. The second-order valence-corrected chi connectivity index (χ2v) is 1.00. The van der Waals surface area contributed by atoms with Gasteiger partial charge in [0.2, 0.25) is 0 Å². The van der Waals surface area contributed by atoms with E-state index in [0.29, 0.717) is 0 Å². The first-order valence-corrected chi connectivity index (χ1v) is 1.72. The molecular weight excluding hydrogens is 250 g/mol. The van der Waals surface area contributed by atoms with Crippen molar-refractivity contribution in [2.24, 2.45) is 0 Å². The predicted molar refractivity (Wildman–Crippen MR) is 22.7 cm³/mol. The summed E-state index contributed by atoms with van der Waals surface area (Å²) in [6.07, 6.45) is 10.0. The van der Waals surface area contributed by atoms with Gasteiger partial charge in [-0.1, -0.05) is 0 Å². The van der Waals surface area contributed by atoms with Crippen molar-refractivity contribution in [3.63, 3.8) is 0 Å². The third kappa shape index (κ3) is 1.53. The van der Waals surface area contributed by atoms with Crippen LogP contribution in [0.15, 0.2) is 18.2 Å². The van der Waals surface area contributed by atoms with E-state index in [-0.39, 0.29) is 21.2 Å². The molecule has 0 amide bonds. The molecule has 0 N–H and O–H groups in total. The van der Waals surface area contributed by atoms with Crippen molar-refractivity contribution in [1.29, 1.82) is 0 Å². The van der Waals surface area contributed by atoms with Crippen LogP contribution in [-0.2, 0) is 19.8 Å². The molecule has 0 saturated carbocycles. The number of rotatable bonds is 0. The first-order chi connectivity index (χ1) is 2.50. The van der Waals surface area contributed by atoms with Gasteiger partial charge in [-0.3, -0.25) is 6.08 Å². The predicted octanol–water partition coefficient (Wildman–Crippen LogP) is 1.42. The summed E-state index contributed by atoms with van der Waals surface area (Å²) in [6.45, 7) is 0. The number of hydrogen-bond acceptors (Lipinski definition) is 0. The SMILES string of the molecule is [C-]1=CC=CC1.[H-].[Os+]. The first kappa shape index (κ1) is 6.12. The van der Waals surface area contributed by atoms with Crippen molar-refractivity contribution >= 4 is 0 Å². The summed E-state index contributed by atoms with van der Waals surface area (Å²) in [5, 5.41) is 0. The Morgan fingerprint density at radius 1 is 1.67 bits per heavy atom. The van der Waals surface area contributed by atoms with Crippen LogP contribution in [0.2, 0.25) is 0 Å². The Bertz CT molecular complexity index is 66.1. The Kier molecular flexibility index (Phi) is 3.38. The molecule has 0 unspecified atom stereocenters. The van der Waals surface area contributed by atoms with Gasteiger partial charge in [-0.2, -0.15) is 6.08 Å². The van der Waals surface area contributed by atoms with Crippen LogP contribution in [0, 0.1) is 6.08 Å². The van der Waals surface area contributed by atoms with Gasteiger partial charge in [-0.15, -0.1) is 6.42 Å². The molecule has 0 saturated heterocycles. The standard InChI is InChI=1S/C5H5.Os.H/c1-2-4-5-3-1;;/h1-3H,4H2;;/q-1;+1;-1. The van der Waals surface area contributed by atoms with E-state index < -0.39 is 0 Å². The monoisotopic (exact) mass is 258 g/mol. The molecule has 0 atom stereocenters. The quantitative estimate of drug-likeness (QED) is 0.575. The first-order valence-electron chi connectivity index (χ1n) is 1.72. The van der Waals surface area contributed by atoms with Crippen LogP contribution >= 0.6 is 0 Å². The van der Waals surface area contributed by atoms with Crippen LogP contribution < -0.4 is 0 Å². The molecule has 0 heterocycles. The maximum Gasteiger partial charge on any atom is 1.00 e. The van der Waals surface area contributed by atoms with Crippen LogP contribution in [-0.4, -0.2) is 0 Å². The van der Waals surface area contributed by atoms with E-state index in [1.54, 1.807) is 0 Å². The van der Waals surface area contributed by atoms with Crippen molar-refractivity contribution in [2.45, 2.75) is 6.42 Å². The molecular formula is C5H6Os-. The normalized spacial score (nSPS) is 14.7. The second kappa shape index (κ2) is 3.31. The molecule has 0 aliphatic heterocycles. The largest absolute Gasteiger partial charge is 1.00 e. The van der Waals surface area contributed by atoms with Crippen LogP contribution in [0.5, 0.6) is 0 Å². The van der Waals surface area contributed by atoms with Crippen molar-refractivity contribution in [1.82, 2.24) is 0 Å². The van der Waals surface area contributed by atoms with Gasteiger partial charge < -0.3 is 1.43 Å². The molecule has 1 aliphatic carbocycles. The zero-order chi connectivity index (χ0) is 3.54. The van der Waals surface area contributed by atoms with E-state index >= 15 is 0 Å². The molecule has 1 rings (SSSR count). The van der Waals surface area contributed by atoms with Crippen LogP contribution in [0.4, 0.5) is 0 Å². The van der Waals surface area contributed by atoms with E-state index in [1.165, 1.54) is 0 Å². The summed E-state index contributed by atoms with van der Waals surface area (Å²) in [5.41, 5.74) is 0. The van der Waals surface area contributed by atoms with Gasteiger partial charge in [-0.25, -0.2) is 12.2 Å². The molecule has 1 aliphatic rings. The maximum atomic E-state index is 2.99. The Morgan fingerprint density at radius 2 is 2.50 bits per heavy atom. The third-order valence-corrected chi connectivity index (χ3v) is 0.586. The molecule has 6 heavy (non-hydrogen) atoms. The molecule has 0 aromatic rings. The molecule has 0 bridgehead atoms. The van der Waals surface area contributed by atoms with Crippen molar-refractivity contribution in [3.05, 3.63) is 24.3 Å². The van der Waals surface area contributed by atoms with Crippen LogP contribution in [0.3, 0.4) is 0 Å². The van der Waals surface area contributed by atoms with Gasteiger partial charge >= 0.3 is 19.8 Å². The van der Waals surface area contributed by atoms with Crippen LogP contribution in [0.25, 0.3) is 0 Å². The summed E-state index contributed by atoms with van der Waals surface area (Å²) in [4.78, 5) is 0. The van der Waals surface area contributed by atoms with E-state index in [2.05, 4.69) is 12.2 Å². The minimum absolute atomic E-state index is 0. The molecule has 0 aromatic heterocycles. The van der Waals surface area contributed by atoms with Gasteiger partial charge in [0.05, 0.1) is 0 Å². The van der Waals surface area contributed by atoms with E-state index in [9.17, 15) is 0 Å². The third-order valence-electron chi connectivity index (χ3n) is 0.586. The zero-order valence-electron chi connectivity index (χ0n) is 4.29. The summed E-state index contributed by atoms with van der Waals surface area (Å²) in [5.74, 6) is 0. The summed E-state index contributed by atoms with van der Waals surface area (Å²) < 4.78 is 0. The molecule has 0 spiro atoms. The Morgan fingerprint density at radius 3 is 2.67 bits per heavy atom. The molecule has 1 radical (unpaired) electrons. The zero-order valence-corrected chi connectivity index (χ0v) is 5.83. The summed E-state index contributed by atoms with van der Waals surface area (Å²) >= 11 is 0.